The minimum Gasteiger partial charge on any atom is -0.481 e. The van der Waals surface area contributed by atoms with Crippen molar-refractivity contribution in [2.45, 2.75) is 11.4 Å². The fourth-order valence-electron chi connectivity index (χ4n) is 0.998. The number of halogens is 1. The Morgan fingerprint density at radius 2 is 2.38 bits per heavy atom. The van der Waals surface area contributed by atoms with Crippen molar-refractivity contribution >= 4 is 29.1 Å². The molecule has 1 aromatic rings. The molecular formula is C9H11ClN2O3S. The predicted molar refractivity (Wildman–Crippen MR) is 63.5 cm³/mol. The Morgan fingerprint density at radius 1 is 1.62 bits per heavy atom. The van der Waals surface area contributed by atoms with Gasteiger partial charge in [-0.3, -0.25) is 10.1 Å². The van der Waals surface area contributed by atoms with Gasteiger partial charge in [0.2, 0.25) is 5.88 Å². The third-order valence-corrected chi connectivity index (χ3v) is 3.07. The van der Waals surface area contributed by atoms with Gasteiger partial charge >= 0.3 is 5.69 Å². The second-order valence-corrected chi connectivity index (χ2v) is 4.29. The van der Waals surface area contributed by atoms with Gasteiger partial charge in [-0.2, -0.15) is 4.98 Å². The van der Waals surface area contributed by atoms with Crippen molar-refractivity contribution in [3.05, 3.63) is 22.2 Å². The van der Waals surface area contributed by atoms with Crippen molar-refractivity contribution in [1.82, 2.24) is 4.98 Å². The highest BCUT2D eigenvalue weighted by Gasteiger charge is 2.16. The first-order valence-electron chi connectivity index (χ1n) is 4.57. The standard InChI is InChI=1S/C9H11ClN2O3S/c1-15-8-4-3-7(12(13)14)9(11-8)16-6-2-5-10/h3-4H,2,5-6H2,1H3. The zero-order chi connectivity index (χ0) is 12.0. The zero-order valence-electron chi connectivity index (χ0n) is 8.68. The molecule has 16 heavy (non-hydrogen) atoms. The van der Waals surface area contributed by atoms with E-state index >= 15 is 0 Å². The van der Waals surface area contributed by atoms with Gasteiger partial charge in [0.15, 0.2) is 5.03 Å². The largest absolute Gasteiger partial charge is 0.481 e. The van der Waals surface area contributed by atoms with E-state index in [0.29, 0.717) is 22.5 Å². The van der Waals surface area contributed by atoms with Gasteiger partial charge in [-0.1, -0.05) is 11.8 Å². The van der Waals surface area contributed by atoms with Crippen molar-refractivity contribution in [2.75, 3.05) is 18.7 Å². The van der Waals surface area contributed by atoms with Crippen LogP contribution in [0.1, 0.15) is 6.42 Å². The lowest BCUT2D eigenvalue weighted by Gasteiger charge is -2.03. The van der Waals surface area contributed by atoms with Gasteiger partial charge < -0.3 is 4.74 Å². The van der Waals surface area contributed by atoms with E-state index in [1.807, 2.05) is 0 Å². The maximum atomic E-state index is 10.7. The number of rotatable bonds is 6. The molecule has 0 unspecified atom stereocenters. The van der Waals surface area contributed by atoms with Gasteiger partial charge in [0.1, 0.15) is 0 Å². The van der Waals surface area contributed by atoms with Crippen LogP contribution in [0.3, 0.4) is 0 Å². The Hall–Kier alpha value is -1.01. The molecule has 0 saturated carbocycles. The van der Waals surface area contributed by atoms with E-state index in [1.54, 1.807) is 0 Å². The Bertz CT molecular complexity index is 376. The normalized spacial score (nSPS) is 10.1. The van der Waals surface area contributed by atoms with Crippen LogP contribution in [0.4, 0.5) is 5.69 Å². The quantitative estimate of drug-likeness (QED) is 0.259. The first-order chi connectivity index (χ1) is 7.69. The monoisotopic (exact) mass is 262 g/mol. The van der Waals surface area contributed by atoms with Crippen LogP contribution in [-0.2, 0) is 0 Å². The number of hydrogen-bond donors (Lipinski definition) is 0. The Labute approximate surface area is 102 Å². The van der Waals surface area contributed by atoms with Crippen LogP contribution in [0.5, 0.6) is 5.88 Å². The first-order valence-corrected chi connectivity index (χ1v) is 6.09. The van der Waals surface area contributed by atoms with Crippen molar-refractivity contribution in [2.24, 2.45) is 0 Å². The summed E-state index contributed by atoms with van der Waals surface area (Å²) in [6.07, 6.45) is 0.780. The number of nitro groups is 1. The molecule has 1 rings (SSSR count). The molecule has 0 aromatic carbocycles. The van der Waals surface area contributed by atoms with Crippen LogP contribution >= 0.6 is 23.4 Å². The topological polar surface area (TPSA) is 65.3 Å². The third kappa shape index (κ3) is 3.53. The molecule has 5 nitrogen and oxygen atoms in total. The number of pyridine rings is 1. The molecule has 0 bridgehead atoms. The zero-order valence-corrected chi connectivity index (χ0v) is 10.3. The lowest BCUT2D eigenvalue weighted by molar-refractivity contribution is -0.388. The summed E-state index contributed by atoms with van der Waals surface area (Å²) in [5.74, 6) is 1.61. The Kier molecular flexibility index (Phi) is 5.34. The van der Waals surface area contributed by atoms with E-state index in [1.165, 1.54) is 31.0 Å². The molecule has 0 aliphatic rings. The molecule has 0 aliphatic carbocycles. The minimum absolute atomic E-state index is 0.000345. The molecule has 1 heterocycles. The molecule has 0 saturated heterocycles. The summed E-state index contributed by atoms with van der Waals surface area (Å²) >= 11 is 6.85. The van der Waals surface area contributed by atoms with Gasteiger partial charge in [-0.25, -0.2) is 0 Å². The molecule has 0 aliphatic heterocycles. The molecule has 88 valence electrons. The second kappa shape index (κ2) is 6.55. The number of thioether (sulfide) groups is 1. The van der Waals surface area contributed by atoms with Crippen LogP contribution in [0.15, 0.2) is 17.2 Å². The van der Waals surface area contributed by atoms with Gasteiger partial charge in [0.25, 0.3) is 0 Å². The summed E-state index contributed by atoms with van der Waals surface area (Å²) < 4.78 is 4.92. The van der Waals surface area contributed by atoms with Crippen LogP contribution in [0, 0.1) is 10.1 Å². The summed E-state index contributed by atoms with van der Waals surface area (Å²) in [6, 6.07) is 2.87. The van der Waals surface area contributed by atoms with Gasteiger partial charge in [-0.05, 0) is 6.42 Å². The minimum atomic E-state index is -0.449. The van der Waals surface area contributed by atoms with E-state index in [4.69, 9.17) is 16.3 Å². The highest BCUT2D eigenvalue weighted by molar-refractivity contribution is 7.99. The Morgan fingerprint density at radius 3 is 2.94 bits per heavy atom. The van der Waals surface area contributed by atoms with E-state index in [2.05, 4.69) is 4.98 Å². The maximum Gasteiger partial charge on any atom is 0.301 e. The molecule has 0 N–H and O–H groups in total. The average molecular weight is 263 g/mol. The maximum absolute atomic E-state index is 10.7. The van der Waals surface area contributed by atoms with Gasteiger partial charge in [0.05, 0.1) is 12.0 Å². The van der Waals surface area contributed by atoms with Gasteiger partial charge in [-0.15, -0.1) is 11.6 Å². The number of nitrogens with zero attached hydrogens (tertiary/aromatic N) is 2. The van der Waals surface area contributed by atoms with Gasteiger partial charge in [0, 0.05) is 23.8 Å². The summed E-state index contributed by atoms with van der Waals surface area (Å²) in [4.78, 5) is 14.3. The summed E-state index contributed by atoms with van der Waals surface area (Å²) in [7, 11) is 1.47. The number of alkyl halides is 1. The fraction of sp³-hybridized carbons (Fsp3) is 0.444. The molecule has 7 heteroatoms. The third-order valence-electron chi connectivity index (χ3n) is 1.74. The van der Waals surface area contributed by atoms with Crippen molar-refractivity contribution in [3.8, 4) is 5.88 Å². The van der Waals surface area contributed by atoms with E-state index < -0.39 is 4.92 Å². The molecule has 0 spiro atoms. The fourth-order valence-corrected chi connectivity index (χ4v) is 2.22. The molecule has 1 aromatic heterocycles. The summed E-state index contributed by atoms with van der Waals surface area (Å²) in [6.45, 7) is 0. The van der Waals surface area contributed by atoms with Crippen LogP contribution < -0.4 is 4.74 Å². The lowest BCUT2D eigenvalue weighted by Crippen LogP contribution is -1.96. The first kappa shape index (κ1) is 13.1. The van der Waals surface area contributed by atoms with Crippen molar-refractivity contribution in [3.63, 3.8) is 0 Å². The van der Waals surface area contributed by atoms with Crippen LogP contribution in [-0.4, -0.2) is 28.6 Å². The molecular weight excluding hydrogens is 252 g/mol. The Balaban J connectivity index is 2.87. The highest BCUT2D eigenvalue weighted by Crippen LogP contribution is 2.29. The molecule has 0 fully saturated rings. The molecule has 0 atom stereocenters. The van der Waals surface area contributed by atoms with E-state index in [9.17, 15) is 10.1 Å². The highest BCUT2D eigenvalue weighted by atomic mass is 35.5. The predicted octanol–water partition coefficient (Wildman–Crippen LogP) is 2.72. The van der Waals surface area contributed by atoms with Crippen molar-refractivity contribution in [1.29, 1.82) is 0 Å². The summed E-state index contributed by atoms with van der Waals surface area (Å²) in [5.41, 5.74) is 0.000345. The number of aromatic nitrogens is 1. The lowest BCUT2D eigenvalue weighted by atomic mass is 10.4. The van der Waals surface area contributed by atoms with Crippen LogP contribution in [0.2, 0.25) is 0 Å². The van der Waals surface area contributed by atoms with E-state index in [0.717, 1.165) is 6.42 Å². The smallest absolute Gasteiger partial charge is 0.301 e. The van der Waals surface area contributed by atoms with E-state index in [-0.39, 0.29) is 5.69 Å². The molecule has 0 radical (unpaired) electrons. The SMILES string of the molecule is COc1ccc([N+](=O)[O-])c(SCCCCl)n1. The average Bonchev–Trinajstić information content (AvgIpc) is 2.29. The number of ether oxygens (including phenoxy) is 1. The number of methoxy groups -OCH3 is 1. The summed E-state index contributed by atoms with van der Waals surface area (Å²) in [5, 5.41) is 11.1. The number of hydrogen-bond acceptors (Lipinski definition) is 5. The van der Waals surface area contributed by atoms with Crippen LogP contribution in [0.25, 0.3) is 0 Å². The second-order valence-electron chi connectivity index (χ2n) is 2.83. The molecule has 0 amide bonds. The van der Waals surface area contributed by atoms with Crippen molar-refractivity contribution < 1.29 is 9.66 Å².